The van der Waals surface area contributed by atoms with E-state index in [4.69, 9.17) is 26.3 Å². The number of nitrogens with one attached hydrogen (secondary N) is 2. The van der Waals surface area contributed by atoms with E-state index in [1.54, 1.807) is 12.3 Å². The molecule has 0 aliphatic rings. The van der Waals surface area contributed by atoms with Crippen molar-refractivity contribution in [3.05, 3.63) is 34.7 Å². The Hall–Kier alpha value is -2.70. The lowest BCUT2D eigenvalue weighted by molar-refractivity contribution is 0.364. The molecule has 10 heteroatoms. The molecule has 2 aromatic heterocycles. The zero-order valence-electron chi connectivity index (χ0n) is 14.5. The lowest BCUT2D eigenvalue weighted by Gasteiger charge is -2.12. The fraction of sp³-hybridized carbons (Fsp3) is 0.235. The van der Waals surface area contributed by atoms with E-state index in [9.17, 15) is 4.39 Å². The van der Waals surface area contributed by atoms with Crippen LogP contribution in [-0.4, -0.2) is 29.2 Å². The molecule has 0 aliphatic heterocycles. The number of ether oxygens (including phenoxy) is 2. The molecule has 2 heterocycles. The van der Waals surface area contributed by atoms with Crippen molar-refractivity contribution in [2.75, 3.05) is 18.9 Å². The molecule has 0 saturated heterocycles. The third-order valence-electron chi connectivity index (χ3n) is 3.76. The summed E-state index contributed by atoms with van der Waals surface area (Å²) in [5.41, 5.74) is 0.954. The Balaban J connectivity index is 1.86. The molecule has 0 atom stereocenters. The average molecular weight is 408 g/mol. The molecule has 140 valence electrons. The number of nitriles is 1. The Kier molecular flexibility index (Phi) is 5.88. The highest BCUT2D eigenvalue weighted by molar-refractivity contribution is 8.00. The number of anilines is 1. The van der Waals surface area contributed by atoms with E-state index in [0.29, 0.717) is 41.1 Å². The predicted molar refractivity (Wildman–Crippen MR) is 102 cm³/mol. The molecule has 0 amide bonds. The molecule has 0 saturated carbocycles. The molecule has 0 unspecified atom stereocenters. The molecule has 0 bridgehead atoms. The summed E-state index contributed by atoms with van der Waals surface area (Å²) in [6.45, 7) is 0. The quantitative estimate of drug-likeness (QED) is 0.562. The van der Waals surface area contributed by atoms with Crippen molar-refractivity contribution in [3.8, 4) is 17.8 Å². The number of nitrogens with zero attached hydrogens (tertiary/aromatic N) is 3. The minimum atomic E-state index is -0.498. The minimum absolute atomic E-state index is 0.0552. The molecule has 3 aromatic rings. The Morgan fingerprint density at radius 3 is 2.63 bits per heavy atom. The number of aromatic nitrogens is 3. The van der Waals surface area contributed by atoms with Crippen LogP contribution in [0.2, 0.25) is 5.02 Å². The Morgan fingerprint density at radius 1 is 1.30 bits per heavy atom. The van der Waals surface area contributed by atoms with Crippen LogP contribution in [0.3, 0.4) is 0 Å². The first-order valence-electron chi connectivity index (χ1n) is 7.82. The first-order valence-corrected chi connectivity index (χ1v) is 9.02. The summed E-state index contributed by atoms with van der Waals surface area (Å²) in [4.78, 5) is 12.2. The van der Waals surface area contributed by atoms with E-state index in [0.717, 1.165) is 4.90 Å². The van der Waals surface area contributed by atoms with Crippen molar-refractivity contribution in [1.29, 1.82) is 5.26 Å². The summed E-state index contributed by atoms with van der Waals surface area (Å²) in [6, 6.07) is 5.31. The van der Waals surface area contributed by atoms with Crippen LogP contribution >= 0.6 is 23.5 Å². The van der Waals surface area contributed by atoms with E-state index in [1.807, 2.05) is 0 Å². The van der Waals surface area contributed by atoms with Gasteiger partial charge in [0.05, 0.1) is 41.3 Å². The van der Waals surface area contributed by atoms with Gasteiger partial charge in [0.2, 0.25) is 17.7 Å². The molecule has 2 N–H and O–H groups in total. The number of benzene rings is 1. The van der Waals surface area contributed by atoms with Crippen molar-refractivity contribution in [2.45, 2.75) is 17.7 Å². The number of hydrogen-bond acceptors (Lipinski definition) is 7. The van der Waals surface area contributed by atoms with Crippen LogP contribution < -0.4 is 14.2 Å². The SMILES string of the molecule is COc1nc(NSc2c[nH]c3c(F)c(Cl)ccc23)nc(OC)c1CCC#N. The van der Waals surface area contributed by atoms with Crippen LogP contribution in [0, 0.1) is 17.1 Å². The zero-order valence-corrected chi connectivity index (χ0v) is 16.0. The van der Waals surface area contributed by atoms with Crippen molar-refractivity contribution >= 4 is 40.4 Å². The van der Waals surface area contributed by atoms with Crippen LogP contribution in [0.1, 0.15) is 12.0 Å². The molecule has 1 aromatic carbocycles. The third kappa shape index (κ3) is 3.86. The smallest absolute Gasteiger partial charge is 0.239 e. The van der Waals surface area contributed by atoms with Gasteiger partial charge < -0.3 is 14.5 Å². The van der Waals surface area contributed by atoms with Gasteiger partial charge in [0.15, 0.2) is 5.82 Å². The molecular formula is C17H15ClFN5O2S. The number of halogens is 2. The van der Waals surface area contributed by atoms with Gasteiger partial charge in [-0.15, -0.1) is 0 Å². The maximum absolute atomic E-state index is 14.0. The lowest BCUT2D eigenvalue weighted by atomic mass is 10.2. The summed E-state index contributed by atoms with van der Waals surface area (Å²) in [5, 5.41) is 9.53. The molecular weight excluding hydrogens is 393 g/mol. The second-order valence-electron chi connectivity index (χ2n) is 5.34. The largest absolute Gasteiger partial charge is 0.481 e. The Bertz CT molecular complexity index is 995. The molecule has 3 rings (SSSR count). The van der Waals surface area contributed by atoms with Crippen LogP contribution in [0.4, 0.5) is 10.3 Å². The molecule has 0 radical (unpaired) electrons. The average Bonchev–Trinajstić information content (AvgIpc) is 3.10. The normalized spacial score (nSPS) is 10.6. The van der Waals surface area contributed by atoms with E-state index in [-0.39, 0.29) is 11.0 Å². The highest BCUT2D eigenvalue weighted by atomic mass is 35.5. The fourth-order valence-corrected chi connectivity index (χ4v) is 3.37. The van der Waals surface area contributed by atoms with Gasteiger partial charge in [0.25, 0.3) is 0 Å². The number of hydrogen-bond donors (Lipinski definition) is 2. The lowest BCUT2D eigenvalue weighted by Crippen LogP contribution is -2.05. The predicted octanol–water partition coefficient (Wildman–Crippen LogP) is 4.34. The first-order chi connectivity index (χ1) is 13.1. The zero-order chi connectivity index (χ0) is 19.4. The number of methoxy groups -OCH3 is 2. The summed E-state index contributed by atoms with van der Waals surface area (Å²) >= 11 is 7.01. The van der Waals surface area contributed by atoms with Crippen LogP contribution in [0.5, 0.6) is 11.8 Å². The number of fused-ring (bicyclic) bond motifs is 1. The maximum Gasteiger partial charge on any atom is 0.239 e. The van der Waals surface area contributed by atoms with Gasteiger partial charge in [0, 0.05) is 18.0 Å². The second-order valence-corrected chi connectivity index (χ2v) is 6.60. The second kappa shape index (κ2) is 8.33. The highest BCUT2D eigenvalue weighted by Crippen LogP contribution is 2.33. The first kappa shape index (κ1) is 19.1. The summed E-state index contributed by atoms with van der Waals surface area (Å²) < 4.78 is 27.6. The third-order valence-corrected chi connectivity index (χ3v) is 4.90. The van der Waals surface area contributed by atoms with Gasteiger partial charge in [0.1, 0.15) is 0 Å². The summed E-state index contributed by atoms with van der Waals surface area (Å²) in [5.74, 6) is 0.426. The van der Waals surface area contributed by atoms with E-state index in [1.165, 1.54) is 32.2 Å². The fourth-order valence-electron chi connectivity index (χ4n) is 2.52. The molecule has 0 fully saturated rings. The number of rotatable bonds is 7. The van der Waals surface area contributed by atoms with Gasteiger partial charge >= 0.3 is 0 Å². The van der Waals surface area contributed by atoms with Crippen LogP contribution in [0.25, 0.3) is 10.9 Å². The minimum Gasteiger partial charge on any atom is -0.481 e. The van der Waals surface area contributed by atoms with Crippen LogP contribution in [0.15, 0.2) is 23.2 Å². The van der Waals surface area contributed by atoms with Gasteiger partial charge in [-0.3, -0.25) is 4.72 Å². The summed E-state index contributed by atoms with van der Waals surface area (Å²) in [6.07, 6.45) is 2.37. The Labute approximate surface area is 164 Å². The standard InChI is InChI=1S/C17H15ClFN5O2S/c1-25-15-10(4-3-7-20)16(26-2)23-17(22-15)24-27-12-8-21-14-9(12)5-6-11(18)13(14)19/h5-6,8,21H,3-4H2,1-2H3,(H,22,23,24). The van der Waals surface area contributed by atoms with E-state index in [2.05, 4.69) is 25.7 Å². The number of H-pyrrole nitrogens is 1. The van der Waals surface area contributed by atoms with Gasteiger partial charge in [-0.1, -0.05) is 11.6 Å². The highest BCUT2D eigenvalue weighted by Gasteiger charge is 2.17. The van der Waals surface area contributed by atoms with E-state index < -0.39 is 5.82 Å². The van der Waals surface area contributed by atoms with Crippen LogP contribution in [-0.2, 0) is 6.42 Å². The molecule has 27 heavy (non-hydrogen) atoms. The van der Waals surface area contributed by atoms with Crippen molar-refractivity contribution in [1.82, 2.24) is 15.0 Å². The van der Waals surface area contributed by atoms with E-state index >= 15 is 0 Å². The Morgan fingerprint density at radius 2 is 2.00 bits per heavy atom. The van der Waals surface area contributed by atoms with Gasteiger partial charge in [-0.25, -0.2) is 4.39 Å². The van der Waals surface area contributed by atoms with Crippen molar-refractivity contribution in [3.63, 3.8) is 0 Å². The topological polar surface area (TPSA) is 95.8 Å². The maximum atomic E-state index is 14.0. The molecule has 7 nitrogen and oxygen atoms in total. The van der Waals surface area contributed by atoms with Crippen molar-refractivity contribution in [2.24, 2.45) is 0 Å². The monoisotopic (exact) mass is 407 g/mol. The van der Waals surface area contributed by atoms with Crippen molar-refractivity contribution < 1.29 is 13.9 Å². The molecule has 0 aliphatic carbocycles. The van der Waals surface area contributed by atoms with Gasteiger partial charge in [-0.2, -0.15) is 15.2 Å². The van der Waals surface area contributed by atoms with Gasteiger partial charge in [-0.05, 0) is 30.5 Å². The number of aromatic amines is 1. The summed E-state index contributed by atoms with van der Waals surface area (Å²) in [7, 11) is 2.97. The molecule has 0 spiro atoms.